The molecule has 23 heavy (non-hydrogen) atoms. The second kappa shape index (κ2) is 7.49. The highest BCUT2D eigenvalue weighted by Gasteiger charge is 2.49. The highest BCUT2D eigenvalue weighted by Crippen LogP contribution is 2.29. The summed E-state index contributed by atoms with van der Waals surface area (Å²) in [6, 6.07) is -0.489. The van der Waals surface area contributed by atoms with Crippen molar-refractivity contribution >= 4 is 30.3 Å². The summed E-state index contributed by atoms with van der Waals surface area (Å²) in [6.07, 6.45) is 4.80. The van der Waals surface area contributed by atoms with E-state index in [-0.39, 0.29) is 36.3 Å². The Hall–Kier alpha value is -1.34. The van der Waals surface area contributed by atoms with Crippen LogP contribution in [0.5, 0.6) is 0 Å². The number of halogens is 1. The Labute approximate surface area is 143 Å². The summed E-state index contributed by atoms with van der Waals surface area (Å²) in [7, 11) is 0. The first-order valence-corrected chi connectivity index (χ1v) is 8.07. The maximum Gasteiger partial charge on any atom is 0.325 e. The summed E-state index contributed by atoms with van der Waals surface area (Å²) in [5.74, 6) is -0.635. The van der Waals surface area contributed by atoms with Crippen LogP contribution >= 0.6 is 12.4 Å². The van der Waals surface area contributed by atoms with E-state index in [4.69, 9.17) is 5.73 Å². The predicted octanol–water partition coefficient (Wildman–Crippen LogP) is 0.907. The fourth-order valence-corrected chi connectivity index (χ4v) is 3.46. The van der Waals surface area contributed by atoms with E-state index >= 15 is 0 Å². The summed E-state index contributed by atoms with van der Waals surface area (Å²) < 4.78 is 0. The molecule has 2 fully saturated rings. The second-order valence-electron chi connectivity index (χ2n) is 6.35. The minimum Gasteiger partial charge on any atom is -0.348 e. The van der Waals surface area contributed by atoms with E-state index in [1.165, 1.54) is 0 Å². The van der Waals surface area contributed by atoms with Crippen molar-refractivity contribution in [3.05, 3.63) is 0 Å². The van der Waals surface area contributed by atoms with Crippen LogP contribution in [0.4, 0.5) is 4.79 Å². The van der Waals surface area contributed by atoms with Gasteiger partial charge in [-0.1, -0.05) is 26.7 Å². The molecule has 4 amide bonds. The smallest absolute Gasteiger partial charge is 0.325 e. The maximum atomic E-state index is 12.5. The zero-order chi connectivity index (χ0) is 16.4. The van der Waals surface area contributed by atoms with Crippen LogP contribution in [-0.2, 0) is 9.59 Å². The summed E-state index contributed by atoms with van der Waals surface area (Å²) in [4.78, 5) is 37.8. The lowest BCUT2D eigenvalue weighted by Gasteiger charge is -2.29. The molecule has 0 aromatic carbocycles. The van der Waals surface area contributed by atoms with E-state index in [0.717, 1.165) is 30.6 Å². The average Bonchev–Trinajstić information content (AvgIpc) is 3.06. The lowest BCUT2D eigenvalue weighted by Crippen LogP contribution is -2.54. The van der Waals surface area contributed by atoms with Crippen LogP contribution in [0, 0.1) is 0 Å². The van der Waals surface area contributed by atoms with E-state index < -0.39 is 11.6 Å². The Kier molecular flexibility index (Phi) is 6.41. The number of hydrogen-bond donors (Lipinski definition) is 3. The molecule has 4 N–H and O–H groups in total. The van der Waals surface area contributed by atoms with Crippen LogP contribution in [0.1, 0.15) is 52.4 Å². The molecule has 8 heteroatoms. The van der Waals surface area contributed by atoms with Crippen LogP contribution in [0.15, 0.2) is 0 Å². The molecule has 0 unspecified atom stereocenters. The van der Waals surface area contributed by atoms with Gasteiger partial charge in [0.05, 0.1) is 5.54 Å². The van der Waals surface area contributed by atoms with Crippen molar-refractivity contribution in [1.82, 2.24) is 15.5 Å². The second-order valence-corrected chi connectivity index (χ2v) is 6.35. The fraction of sp³-hybridized carbons (Fsp3) is 0.800. The Morgan fingerprint density at radius 1 is 1.26 bits per heavy atom. The van der Waals surface area contributed by atoms with Crippen molar-refractivity contribution in [1.29, 1.82) is 0 Å². The van der Waals surface area contributed by atoms with Gasteiger partial charge in [0.2, 0.25) is 5.91 Å². The normalized spacial score (nSPS) is 21.8. The Bertz CT molecular complexity index is 473. The first kappa shape index (κ1) is 19.7. The SMILES string of the molecule is CCC1(CC)NC(=O)N(CC(=O)NC2(CN)CCCC2)C1=O.Cl. The van der Waals surface area contributed by atoms with E-state index in [1.807, 2.05) is 13.8 Å². The Balaban J connectivity index is 0.00000264. The molecule has 7 nitrogen and oxygen atoms in total. The van der Waals surface area contributed by atoms with Crippen LogP contribution in [0.3, 0.4) is 0 Å². The first-order chi connectivity index (χ1) is 10.4. The zero-order valence-corrected chi connectivity index (χ0v) is 14.6. The van der Waals surface area contributed by atoms with Crippen LogP contribution in [-0.4, -0.2) is 46.9 Å². The van der Waals surface area contributed by atoms with Gasteiger partial charge in [-0.15, -0.1) is 12.4 Å². The van der Waals surface area contributed by atoms with Gasteiger partial charge >= 0.3 is 6.03 Å². The lowest BCUT2D eigenvalue weighted by atomic mass is 9.93. The van der Waals surface area contributed by atoms with E-state index in [9.17, 15) is 14.4 Å². The standard InChI is InChI=1S/C15H26N4O3.ClH/c1-3-15(4-2)12(21)19(13(22)18-15)9-11(20)17-14(10-16)7-5-6-8-14;/h3-10,16H2,1-2H3,(H,17,20)(H,18,22);1H. The van der Waals surface area contributed by atoms with Gasteiger partial charge in [0.1, 0.15) is 12.1 Å². The van der Waals surface area contributed by atoms with E-state index in [0.29, 0.717) is 19.4 Å². The highest BCUT2D eigenvalue weighted by atomic mass is 35.5. The molecule has 0 spiro atoms. The number of rotatable bonds is 6. The fourth-order valence-electron chi connectivity index (χ4n) is 3.46. The number of hydrogen-bond acceptors (Lipinski definition) is 4. The van der Waals surface area contributed by atoms with Crippen LogP contribution < -0.4 is 16.4 Å². The number of imide groups is 1. The van der Waals surface area contributed by atoms with Gasteiger partial charge in [0, 0.05) is 6.54 Å². The summed E-state index contributed by atoms with van der Waals surface area (Å²) in [5, 5.41) is 5.66. The topological polar surface area (TPSA) is 105 Å². The molecule has 2 aliphatic rings. The molecule has 1 saturated heterocycles. The molecule has 132 valence electrons. The van der Waals surface area contributed by atoms with Gasteiger partial charge in [-0.25, -0.2) is 4.79 Å². The highest BCUT2D eigenvalue weighted by molar-refractivity contribution is 6.09. The van der Waals surface area contributed by atoms with Crippen molar-refractivity contribution in [2.45, 2.75) is 63.5 Å². The third-order valence-corrected chi connectivity index (χ3v) is 5.11. The van der Waals surface area contributed by atoms with Crippen LogP contribution in [0.25, 0.3) is 0 Å². The number of nitrogens with one attached hydrogen (secondary N) is 2. The van der Waals surface area contributed by atoms with Gasteiger partial charge < -0.3 is 16.4 Å². The van der Waals surface area contributed by atoms with Gasteiger partial charge in [-0.3, -0.25) is 14.5 Å². The largest absolute Gasteiger partial charge is 0.348 e. The summed E-state index contributed by atoms with van der Waals surface area (Å²) in [6.45, 7) is 3.85. The molecule has 1 saturated carbocycles. The average molecular weight is 347 g/mol. The van der Waals surface area contributed by atoms with Crippen molar-refractivity contribution in [2.75, 3.05) is 13.1 Å². The predicted molar refractivity (Wildman–Crippen MR) is 89.2 cm³/mol. The molecular formula is C15H27ClN4O3. The number of amides is 4. The summed E-state index contributed by atoms with van der Waals surface area (Å²) in [5.41, 5.74) is 4.55. The molecule has 0 bridgehead atoms. The maximum absolute atomic E-state index is 12.5. The molecular weight excluding hydrogens is 320 g/mol. The Morgan fingerprint density at radius 3 is 2.26 bits per heavy atom. The van der Waals surface area contributed by atoms with Crippen molar-refractivity contribution in [3.63, 3.8) is 0 Å². The number of carbonyl (C=O) groups excluding carboxylic acids is 3. The van der Waals surface area contributed by atoms with Gasteiger partial charge in [-0.2, -0.15) is 0 Å². The van der Waals surface area contributed by atoms with E-state index in [1.54, 1.807) is 0 Å². The third kappa shape index (κ3) is 3.61. The molecule has 0 aromatic rings. The minimum absolute atomic E-state index is 0. The van der Waals surface area contributed by atoms with Crippen LogP contribution in [0.2, 0.25) is 0 Å². The lowest BCUT2D eigenvalue weighted by molar-refractivity contribution is -0.135. The third-order valence-electron chi connectivity index (χ3n) is 5.11. The molecule has 2 rings (SSSR count). The van der Waals surface area contributed by atoms with Gasteiger partial charge in [0.15, 0.2) is 0 Å². The molecule has 1 aliphatic heterocycles. The minimum atomic E-state index is -0.865. The molecule has 0 aromatic heterocycles. The summed E-state index contributed by atoms with van der Waals surface area (Å²) >= 11 is 0. The Morgan fingerprint density at radius 2 is 1.83 bits per heavy atom. The molecule has 1 aliphatic carbocycles. The first-order valence-electron chi connectivity index (χ1n) is 8.07. The quantitative estimate of drug-likeness (QED) is 0.621. The monoisotopic (exact) mass is 346 g/mol. The van der Waals surface area contributed by atoms with Gasteiger partial charge in [-0.05, 0) is 25.7 Å². The number of urea groups is 1. The molecule has 0 radical (unpaired) electrons. The molecule has 0 atom stereocenters. The number of nitrogens with two attached hydrogens (primary N) is 1. The van der Waals surface area contributed by atoms with Crippen molar-refractivity contribution < 1.29 is 14.4 Å². The zero-order valence-electron chi connectivity index (χ0n) is 13.8. The van der Waals surface area contributed by atoms with E-state index in [2.05, 4.69) is 10.6 Å². The van der Waals surface area contributed by atoms with Gasteiger partial charge in [0.25, 0.3) is 5.91 Å². The van der Waals surface area contributed by atoms with Crippen molar-refractivity contribution in [2.24, 2.45) is 5.73 Å². The van der Waals surface area contributed by atoms with Crippen molar-refractivity contribution in [3.8, 4) is 0 Å². The molecule has 1 heterocycles. The number of carbonyl (C=O) groups is 3. The number of nitrogens with zero attached hydrogens (tertiary/aromatic N) is 1.